The zero-order valence-corrected chi connectivity index (χ0v) is 23.7. The minimum atomic E-state index is -0.373. The molecular weight excluding hydrogens is 465 g/mol. The lowest BCUT2D eigenvalue weighted by Gasteiger charge is -2.49. The third-order valence-electron chi connectivity index (χ3n) is 9.28. The summed E-state index contributed by atoms with van der Waals surface area (Å²) in [5, 5.41) is 3.30. The van der Waals surface area contributed by atoms with E-state index in [0.29, 0.717) is 25.0 Å². The zero-order valence-electron chi connectivity index (χ0n) is 23.7. The summed E-state index contributed by atoms with van der Waals surface area (Å²) in [6.45, 7) is 13.6. The molecule has 5 nitrogen and oxygen atoms in total. The molecule has 2 saturated heterocycles. The number of carbonyl (C=O) groups excluding carboxylic acids is 2. The largest absolute Gasteiger partial charge is 0.351 e. The molecular formula is C31H48FN3O2. The Labute approximate surface area is 223 Å². The van der Waals surface area contributed by atoms with Crippen LogP contribution in [0.1, 0.15) is 97.5 Å². The monoisotopic (exact) mass is 513 g/mol. The fourth-order valence-electron chi connectivity index (χ4n) is 7.09. The average Bonchev–Trinajstić information content (AvgIpc) is 2.88. The van der Waals surface area contributed by atoms with Crippen molar-refractivity contribution in [1.82, 2.24) is 15.1 Å². The fourth-order valence-corrected chi connectivity index (χ4v) is 7.09. The van der Waals surface area contributed by atoms with Gasteiger partial charge in [0.25, 0.3) is 0 Å². The number of halogens is 1. The maximum Gasteiger partial charge on any atom is 0.227 e. The Hall–Kier alpha value is -1.95. The van der Waals surface area contributed by atoms with Gasteiger partial charge < -0.3 is 15.1 Å². The van der Waals surface area contributed by atoms with E-state index in [1.54, 1.807) is 0 Å². The molecule has 206 valence electrons. The summed E-state index contributed by atoms with van der Waals surface area (Å²) in [6.07, 6.45) is 8.20. The van der Waals surface area contributed by atoms with Crippen LogP contribution in [0.2, 0.25) is 0 Å². The summed E-state index contributed by atoms with van der Waals surface area (Å²) < 4.78 is 13.7. The smallest absolute Gasteiger partial charge is 0.227 e. The van der Waals surface area contributed by atoms with Gasteiger partial charge in [-0.3, -0.25) is 9.59 Å². The van der Waals surface area contributed by atoms with Crippen LogP contribution < -0.4 is 5.32 Å². The number of nitrogens with zero attached hydrogens (tertiary/aromatic N) is 2. The van der Waals surface area contributed by atoms with Crippen molar-refractivity contribution in [2.45, 2.75) is 103 Å². The molecule has 2 atom stereocenters. The quantitative estimate of drug-likeness (QED) is 0.546. The predicted molar refractivity (Wildman–Crippen MR) is 147 cm³/mol. The van der Waals surface area contributed by atoms with Crippen molar-refractivity contribution >= 4 is 11.8 Å². The van der Waals surface area contributed by atoms with Gasteiger partial charge in [0, 0.05) is 43.1 Å². The summed E-state index contributed by atoms with van der Waals surface area (Å²) in [7, 11) is 0. The number of likely N-dealkylation sites (tertiary alicyclic amines) is 2. The fraction of sp³-hybridized carbons (Fsp3) is 0.742. The molecule has 0 radical (unpaired) electrons. The Morgan fingerprint density at radius 3 is 2.16 bits per heavy atom. The normalized spacial score (nSPS) is 25.8. The van der Waals surface area contributed by atoms with E-state index in [9.17, 15) is 14.0 Å². The lowest BCUT2D eigenvalue weighted by molar-refractivity contribution is -0.149. The number of piperidine rings is 2. The molecule has 1 saturated carbocycles. The molecule has 2 heterocycles. The molecule has 3 aliphatic rings. The standard InChI is InChI=1S/C31H48FN3O2/c1-22(2)35-18-15-26(27(21-35)23-11-13-25(32)14-12-23)28(36)34-19-16-31(17-20-34,24-9-7-6-8-10-24)29(37)33-30(3,4)5/h11-14,22,24,26-27H,6-10,15-21H2,1-5H3,(H,33,37)/t26-,27?/m1/s1. The van der Waals surface area contributed by atoms with Gasteiger partial charge in [0.05, 0.1) is 5.41 Å². The average molecular weight is 514 g/mol. The molecule has 3 fully saturated rings. The first-order valence-corrected chi connectivity index (χ1v) is 14.6. The summed E-state index contributed by atoms with van der Waals surface area (Å²) in [5.74, 6) is 0.512. The van der Waals surface area contributed by atoms with Crippen LogP contribution in [0, 0.1) is 23.1 Å². The van der Waals surface area contributed by atoms with Crippen molar-refractivity contribution in [3.63, 3.8) is 0 Å². The van der Waals surface area contributed by atoms with Crippen LogP contribution >= 0.6 is 0 Å². The van der Waals surface area contributed by atoms with Crippen molar-refractivity contribution in [3.05, 3.63) is 35.6 Å². The van der Waals surface area contributed by atoms with E-state index in [2.05, 4.69) is 44.8 Å². The Balaban J connectivity index is 1.51. The molecule has 2 aliphatic heterocycles. The van der Waals surface area contributed by atoms with Gasteiger partial charge in [-0.25, -0.2) is 4.39 Å². The van der Waals surface area contributed by atoms with Gasteiger partial charge >= 0.3 is 0 Å². The number of rotatable bonds is 5. The van der Waals surface area contributed by atoms with Crippen LogP contribution in [-0.4, -0.2) is 59.4 Å². The number of carbonyl (C=O) groups is 2. The molecule has 0 spiro atoms. The molecule has 6 heteroatoms. The summed E-state index contributed by atoms with van der Waals surface area (Å²) in [6, 6.07) is 7.14. The number of hydrogen-bond donors (Lipinski definition) is 1. The molecule has 1 unspecified atom stereocenters. The van der Waals surface area contributed by atoms with E-state index in [1.165, 1.54) is 31.4 Å². The number of hydrogen-bond acceptors (Lipinski definition) is 3. The lowest BCUT2D eigenvalue weighted by atomic mass is 9.63. The van der Waals surface area contributed by atoms with Crippen LogP contribution in [0.5, 0.6) is 0 Å². The highest BCUT2D eigenvalue weighted by Gasteiger charge is 2.49. The molecule has 37 heavy (non-hydrogen) atoms. The SMILES string of the molecule is CC(C)N1CC[C@@H](C(=O)N2CCC(C(=O)NC(C)(C)C)(C3CCCCC3)CC2)C(c2ccc(F)cc2)C1. The second-order valence-corrected chi connectivity index (χ2v) is 13.2. The van der Waals surface area contributed by atoms with Gasteiger partial charge in [0.1, 0.15) is 5.82 Å². The second-order valence-electron chi connectivity index (χ2n) is 13.2. The van der Waals surface area contributed by atoms with E-state index in [0.717, 1.165) is 50.8 Å². The lowest BCUT2D eigenvalue weighted by Crippen LogP contribution is -2.58. The van der Waals surface area contributed by atoms with E-state index in [-0.39, 0.29) is 40.4 Å². The van der Waals surface area contributed by atoms with Crippen LogP contribution in [0.25, 0.3) is 0 Å². The minimum absolute atomic E-state index is 0.0541. The minimum Gasteiger partial charge on any atom is -0.351 e. The van der Waals surface area contributed by atoms with Crippen LogP contribution in [-0.2, 0) is 9.59 Å². The molecule has 2 amide bonds. The van der Waals surface area contributed by atoms with Gasteiger partial charge in [-0.1, -0.05) is 31.4 Å². The third kappa shape index (κ3) is 6.38. The number of benzene rings is 1. The van der Waals surface area contributed by atoms with Crippen molar-refractivity contribution in [2.75, 3.05) is 26.2 Å². The predicted octanol–water partition coefficient (Wildman–Crippen LogP) is 5.74. The van der Waals surface area contributed by atoms with E-state index in [4.69, 9.17) is 0 Å². The first-order valence-electron chi connectivity index (χ1n) is 14.6. The highest BCUT2D eigenvalue weighted by Crippen LogP contribution is 2.47. The van der Waals surface area contributed by atoms with Crippen LogP contribution in [0.3, 0.4) is 0 Å². The molecule has 0 bridgehead atoms. The van der Waals surface area contributed by atoms with Crippen molar-refractivity contribution < 1.29 is 14.0 Å². The van der Waals surface area contributed by atoms with Crippen LogP contribution in [0.4, 0.5) is 4.39 Å². The van der Waals surface area contributed by atoms with Gasteiger partial charge in [-0.2, -0.15) is 0 Å². The second kappa shape index (κ2) is 11.4. The highest BCUT2D eigenvalue weighted by atomic mass is 19.1. The van der Waals surface area contributed by atoms with Crippen molar-refractivity contribution in [2.24, 2.45) is 17.3 Å². The molecule has 4 rings (SSSR count). The van der Waals surface area contributed by atoms with Crippen molar-refractivity contribution in [1.29, 1.82) is 0 Å². The van der Waals surface area contributed by atoms with E-state index in [1.807, 2.05) is 17.0 Å². The Bertz CT molecular complexity index is 925. The Morgan fingerprint density at radius 2 is 1.59 bits per heavy atom. The maximum absolute atomic E-state index is 14.0. The maximum atomic E-state index is 14.0. The first-order chi connectivity index (χ1) is 17.5. The summed E-state index contributed by atoms with van der Waals surface area (Å²) >= 11 is 0. The van der Waals surface area contributed by atoms with Gasteiger partial charge in [-0.05, 0) is 96.9 Å². The highest BCUT2D eigenvalue weighted by molar-refractivity contribution is 5.85. The van der Waals surface area contributed by atoms with E-state index >= 15 is 0 Å². The molecule has 1 aromatic carbocycles. The van der Waals surface area contributed by atoms with E-state index < -0.39 is 0 Å². The number of amides is 2. The van der Waals surface area contributed by atoms with Gasteiger partial charge in [0.15, 0.2) is 0 Å². The Kier molecular flexibility index (Phi) is 8.67. The molecule has 1 aliphatic carbocycles. The van der Waals surface area contributed by atoms with Gasteiger partial charge in [0.2, 0.25) is 11.8 Å². The van der Waals surface area contributed by atoms with Gasteiger partial charge in [-0.15, -0.1) is 0 Å². The zero-order chi connectivity index (χ0) is 26.8. The Morgan fingerprint density at radius 1 is 0.973 bits per heavy atom. The topological polar surface area (TPSA) is 52.7 Å². The third-order valence-corrected chi connectivity index (χ3v) is 9.28. The first kappa shape index (κ1) is 28.1. The van der Waals surface area contributed by atoms with Crippen molar-refractivity contribution in [3.8, 4) is 0 Å². The molecule has 0 aromatic heterocycles. The number of nitrogens with one attached hydrogen (secondary N) is 1. The summed E-state index contributed by atoms with van der Waals surface area (Å²) in [5.41, 5.74) is 0.406. The molecule has 1 N–H and O–H groups in total. The van der Waals surface area contributed by atoms with Crippen LogP contribution in [0.15, 0.2) is 24.3 Å². The summed E-state index contributed by atoms with van der Waals surface area (Å²) in [4.78, 5) is 32.2. The molecule has 1 aromatic rings.